The Bertz CT molecular complexity index is 2520. The lowest BCUT2D eigenvalue weighted by atomic mass is 9.90. The van der Waals surface area contributed by atoms with Gasteiger partial charge in [-0.25, -0.2) is 0 Å². The third kappa shape index (κ3) is 4.51. The Labute approximate surface area is 274 Å². The van der Waals surface area contributed by atoms with E-state index in [4.69, 9.17) is 0 Å². The first-order chi connectivity index (χ1) is 22.7. The first-order valence-corrected chi connectivity index (χ1v) is 16.9. The van der Waals surface area contributed by atoms with Gasteiger partial charge in [-0.3, -0.25) is 0 Å². The number of thiophene rings is 2. The second kappa shape index (κ2) is 10.8. The van der Waals surface area contributed by atoms with E-state index in [1.54, 1.807) is 0 Å². The average Bonchev–Trinajstić information content (AvgIpc) is 3.69. The molecule has 9 rings (SSSR count). The van der Waals surface area contributed by atoms with Crippen molar-refractivity contribution in [2.24, 2.45) is 0 Å². The minimum absolute atomic E-state index is 0.671. The molecule has 0 aliphatic carbocycles. The monoisotopic (exact) mass is 619 g/mol. The largest absolute Gasteiger partial charge is 0.192 e. The molecular formula is C43H25NS2. The predicted octanol–water partition coefficient (Wildman–Crippen LogP) is 13.0. The summed E-state index contributed by atoms with van der Waals surface area (Å²) >= 11 is 3.68. The van der Waals surface area contributed by atoms with Crippen LogP contribution in [0.1, 0.15) is 5.56 Å². The van der Waals surface area contributed by atoms with E-state index in [-0.39, 0.29) is 0 Å². The molecular weight excluding hydrogens is 595 g/mol. The molecule has 0 saturated heterocycles. The van der Waals surface area contributed by atoms with Gasteiger partial charge >= 0.3 is 0 Å². The van der Waals surface area contributed by atoms with Crippen LogP contribution in [0.5, 0.6) is 0 Å². The predicted molar refractivity (Wildman–Crippen MR) is 199 cm³/mol. The number of hydrogen-bond donors (Lipinski definition) is 0. The van der Waals surface area contributed by atoms with Crippen LogP contribution in [0.3, 0.4) is 0 Å². The SMILES string of the molecule is N#Cc1cc(-c2ccccc2)ccc1-c1cc(-c2ccc3c(c2)sc2ccccc23)cc(-c2ccc3c(c2)sc2ccccc23)c1. The van der Waals surface area contributed by atoms with Crippen LogP contribution < -0.4 is 0 Å². The molecule has 0 fully saturated rings. The number of benzene rings is 7. The summed E-state index contributed by atoms with van der Waals surface area (Å²) in [5.41, 5.74) is 9.42. The Balaban J connectivity index is 1.24. The molecule has 0 unspecified atom stereocenters. The zero-order valence-corrected chi connectivity index (χ0v) is 26.3. The molecule has 2 aromatic heterocycles. The fraction of sp³-hybridized carbons (Fsp3) is 0. The summed E-state index contributed by atoms with van der Waals surface area (Å²) in [6.45, 7) is 0. The Kier molecular flexibility index (Phi) is 6.31. The third-order valence-corrected chi connectivity index (χ3v) is 11.2. The van der Waals surface area contributed by atoms with Crippen LogP contribution in [0.2, 0.25) is 0 Å². The molecule has 0 atom stereocenters. The smallest absolute Gasteiger partial charge is 0.0998 e. The highest BCUT2D eigenvalue weighted by molar-refractivity contribution is 7.26. The van der Waals surface area contributed by atoms with Crippen molar-refractivity contribution in [2.45, 2.75) is 0 Å². The number of nitrogens with zero attached hydrogens (tertiary/aromatic N) is 1. The van der Waals surface area contributed by atoms with Crippen LogP contribution in [0.25, 0.3) is 84.9 Å². The van der Waals surface area contributed by atoms with Crippen molar-refractivity contribution in [3.05, 3.63) is 157 Å². The van der Waals surface area contributed by atoms with Crippen molar-refractivity contribution in [3.63, 3.8) is 0 Å². The molecule has 0 saturated carbocycles. The number of nitriles is 1. The average molecular weight is 620 g/mol. The summed E-state index contributed by atoms with van der Waals surface area (Å²) in [5.74, 6) is 0. The number of rotatable bonds is 4. The van der Waals surface area contributed by atoms with E-state index in [0.29, 0.717) is 5.56 Å². The van der Waals surface area contributed by atoms with E-state index in [1.807, 2.05) is 46.9 Å². The van der Waals surface area contributed by atoms with Crippen LogP contribution >= 0.6 is 22.7 Å². The van der Waals surface area contributed by atoms with Crippen molar-refractivity contribution >= 4 is 63.0 Å². The van der Waals surface area contributed by atoms with Gasteiger partial charge in [0.2, 0.25) is 0 Å². The Hall–Kier alpha value is -5.53. The lowest BCUT2D eigenvalue weighted by Crippen LogP contribution is -1.90. The van der Waals surface area contributed by atoms with Crippen LogP contribution in [-0.4, -0.2) is 0 Å². The van der Waals surface area contributed by atoms with Gasteiger partial charge in [0.15, 0.2) is 0 Å². The highest BCUT2D eigenvalue weighted by Gasteiger charge is 2.14. The second-order valence-electron chi connectivity index (χ2n) is 11.7. The molecule has 0 bridgehead atoms. The second-order valence-corrected chi connectivity index (χ2v) is 13.8. The van der Waals surface area contributed by atoms with Gasteiger partial charge in [0.1, 0.15) is 0 Å². The maximum Gasteiger partial charge on any atom is 0.0998 e. The van der Waals surface area contributed by atoms with E-state index in [9.17, 15) is 5.26 Å². The van der Waals surface area contributed by atoms with Gasteiger partial charge in [-0.2, -0.15) is 5.26 Å². The summed E-state index contributed by atoms with van der Waals surface area (Å²) in [5, 5.41) is 15.5. The maximum atomic E-state index is 10.4. The topological polar surface area (TPSA) is 23.8 Å². The molecule has 3 heteroatoms. The summed E-state index contributed by atoms with van der Waals surface area (Å²) in [6, 6.07) is 56.7. The summed E-state index contributed by atoms with van der Waals surface area (Å²) < 4.78 is 5.17. The first kappa shape index (κ1) is 26.8. The van der Waals surface area contributed by atoms with Crippen molar-refractivity contribution < 1.29 is 0 Å². The van der Waals surface area contributed by atoms with Crippen LogP contribution in [0, 0.1) is 11.3 Å². The van der Waals surface area contributed by atoms with Crippen LogP contribution in [-0.2, 0) is 0 Å². The highest BCUT2D eigenvalue weighted by Crippen LogP contribution is 2.41. The molecule has 214 valence electrons. The van der Waals surface area contributed by atoms with Gasteiger partial charge in [0.25, 0.3) is 0 Å². The number of hydrogen-bond acceptors (Lipinski definition) is 3. The van der Waals surface area contributed by atoms with Gasteiger partial charge in [0, 0.05) is 40.3 Å². The van der Waals surface area contributed by atoms with Gasteiger partial charge in [-0.15, -0.1) is 22.7 Å². The van der Waals surface area contributed by atoms with Gasteiger partial charge in [-0.05, 0) is 93.0 Å². The van der Waals surface area contributed by atoms with Crippen LogP contribution in [0.15, 0.2) is 152 Å². The molecule has 1 nitrogen and oxygen atoms in total. The molecule has 0 N–H and O–H groups in total. The maximum absolute atomic E-state index is 10.4. The van der Waals surface area contributed by atoms with E-state index < -0.39 is 0 Å². The van der Waals surface area contributed by atoms with Crippen LogP contribution in [0.4, 0.5) is 0 Å². The molecule has 2 heterocycles. The Morgan fingerprint density at radius 2 is 0.826 bits per heavy atom. The van der Waals surface area contributed by atoms with Crippen molar-refractivity contribution in [2.75, 3.05) is 0 Å². The van der Waals surface area contributed by atoms with Crippen molar-refractivity contribution in [1.82, 2.24) is 0 Å². The summed E-state index contributed by atoms with van der Waals surface area (Å²) in [7, 11) is 0. The molecule has 7 aromatic carbocycles. The van der Waals surface area contributed by atoms with Crippen molar-refractivity contribution in [1.29, 1.82) is 5.26 Å². The van der Waals surface area contributed by atoms with E-state index >= 15 is 0 Å². The molecule has 0 spiro atoms. The Morgan fingerprint density at radius 3 is 1.41 bits per heavy atom. The molecule has 0 aliphatic heterocycles. The van der Waals surface area contributed by atoms with Gasteiger partial charge < -0.3 is 0 Å². The van der Waals surface area contributed by atoms with E-state index in [1.165, 1.54) is 51.5 Å². The standard InChI is InChI=1S/C43H25NS2/c44-26-34-20-28(27-8-2-1-3-9-27)14-17-35(34)33-22-31(29-15-18-38-36-10-4-6-12-40(36)45-42(38)24-29)21-32(23-33)30-16-19-39-37-11-5-7-13-41(37)46-43(39)25-30/h1-25H. The lowest BCUT2D eigenvalue weighted by Gasteiger charge is -2.13. The quantitative estimate of drug-likeness (QED) is 0.192. The normalized spacial score (nSPS) is 11.5. The van der Waals surface area contributed by atoms with Gasteiger partial charge in [-0.1, -0.05) is 103 Å². The summed E-state index contributed by atoms with van der Waals surface area (Å²) in [6.07, 6.45) is 0. The fourth-order valence-electron chi connectivity index (χ4n) is 6.63. The Morgan fingerprint density at radius 1 is 0.348 bits per heavy atom. The molecule has 9 aromatic rings. The fourth-order valence-corrected chi connectivity index (χ4v) is 8.92. The first-order valence-electron chi connectivity index (χ1n) is 15.3. The zero-order chi connectivity index (χ0) is 30.6. The molecule has 0 aliphatic rings. The third-order valence-electron chi connectivity index (χ3n) is 8.92. The van der Waals surface area contributed by atoms with E-state index in [0.717, 1.165) is 33.4 Å². The van der Waals surface area contributed by atoms with E-state index in [2.05, 4.69) is 133 Å². The molecule has 46 heavy (non-hydrogen) atoms. The number of fused-ring (bicyclic) bond motifs is 6. The molecule has 0 radical (unpaired) electrons. The zero-order valence-electron chi connectivity index (χ0n) is 24.7. The summed E-state index contributed by atoms with van der Waals surface area (Å²) in [4.78, 5) is 0. The minimum Gasteiger partial charge on any atom is -0.192 e. The van der Waals surface area contributed by atoms with Gasteiger partial charge in [0.05, 0.1) is 11.6 Å². The lowest BCUT2D eigenvalue weighted by molar-refractivity contribution is 1.47. The highest BCUT2D eigenvalue weighted by atomic mass is 32.1. The van der Waals surface area contributed by atoms with Crippen molar-refractivity contribution in [3.8, 4) is 50.6 Å². The molecule has 0 amide bonds. The minimum atomic E-state index is 0.671.